The monoisotopic (exact) mass is 287 g/mol. The number of imidazole rings is 1. The van der Waals surface area contributed by atoms with E-state index in [0.29, 0.717) is 5.02 Å². The molecule has 0 amide bonds. The van der Waals surface area contributed by atoms with E-state index in [9.17, 15) is 0 Å². The molecule has 0 aliphatic rings. The van der Waals surface area contributed by atoms with Crippen molar-refractivity contribution in [3.05, 3.63) is 47.7 Å². The number of halogens is 1. The maximum atomic E-state index is 6.22. The highest BCUT2D eigenvalue weighted by atomic mass is 35.5. The van der Waals surface area contributed by atoms with Crippen molar-refractivity contribution in [3.63, 3.8) is 0 Å². The van der Waals surface area contributed by atoms with Gasteiger partial charge in [-0.15, -0.1) is 0 Å². The molecule has 102 valence electrons. The van der Waals surface area contributed by atoms with Crippen molar-refractivity contribution < 1.29 is 4.74 Å². The van der Waals surface area contributed by atoms with E-state index in [4.69, 9.17) is 16.3 Å². The molecule has 0 spiro atoms. The van der Waals surface area contributed by atoms with Crippen molar-refractivity contribution >= 4 is 34.0 Å². The van der Waals surface area contributed by atoms with Crippen molar-refractivity contribution in [2.75, 3.05) is 12.4 Å². The van der Waals surface area contributed by atoms with Gasteiger partial charge in [0.05, 0.1) is 29.7 Å². The van der Waals surface area contributed by atoms with Gasteiger partial charge in [-0.3, -0.25) is 0 Å². The Morgan fingerprint density at radius 3 is 2.90 bits per heavy atom. The molecular weight excluding hydrogens is 274 g/mol. The van der Waals surface area contributed by atoms with Crippen LogP contribution in [0.2, 0.25) is 5.02 Å². The fourth-order valence-corrected chi connectivity index (χ4v) is 2.47. The van der Waals surface area contributed by atoms with Crippen LogP contribution in [-0.2, 0) is 7.05 Å². The standard InChI is InChI=1S/C15H14ClN3O/c1-19-9-17-14-13(7-6-12(16)15(14)19)18-10-4-3-5-11(8-10)20-2/h3-9,18H,1-2H3. The van der Waals surface area contributed by atoms with E-state index in [2.05, 4.69) is 10.3 Å². The summed E-state index contributed by atoms with van der Waals surface area (Å²) in [5.41, 5.74) is 3.62. The van der Waals surface area contributed by atoms with Crippen LogP contribution in [0.15, 0.2) is 42.7 Å². The predicted molar refractivity (Wildman–Crippen MR) is 82.0 cm³/mol. The van der Waals surface area contributed by atoms with Crippen LogP contribution < -0.4 is 10.1 Å². The van der Waals surface area contributed by atoms with E-state index < -0.39 is 0 Å². The molecule has 3 rings (SSSR count). The number of anilines is 2. The summed E-state index contributed by atoms with van der Waals surface area (Å²) in [6.45, 7) is 0. The van der Waals surface area contributed by atoms with E-state index in [-0.39, 0.29) is 0 Å². The predicted octanol–water partition coefficient (Wildman–Crippen LogP) is 3.98. The first kappa shape index (κ1) is 12.8. The number of nitrogens with one attached hydrogen (secondary N) is 1. The maximum absolute atomic E-state index is 6.22. The number of fused-ring (bicyclic) bond motifs is 1. The van der Waals surface area contributed by atoms with E-state index in [1.54, 1.807) is 13.4 Å². The third-order valence-electron chi connectivity index (χ3n) is 3.16. The first-order chi connectivity index (χ1) is 9.69. The quantitative estimate of drug-likeness (QED) is 0.792. The number of benzene rings is 2. The number of hydrogen-bond donors (Lipinski definition) is 1. The average molecular weight is 288 g/mol. The summed E-state index contributed by atoms with van der Waals surface area (Å²) in [7, 11) is 3.58. The lowest BCUT2D eigenvalue weighted by Crippen LogP contribution is -1.93. The number of hydrogen-bond acceptors (Lipinski definition) is 3. The maximum Gasteiger partial charge on any atom is 0.120 e. The van der Waals surface area contributed by atoms with Gasteiger partial charge in [-0.1, -0.05) is 17.7 Å². The van der Waals surface area contributed by atoms with Crippen LogP contribution in [0.5, 0.6) is 5.75 Å². The molecule has 0 unspecified atom stereocenters. The lowest BCUT2D eigenvalue weighted by atomic mass is 10.2. The molecule has 3 aromatic rings. The van der Waals surface area contributed by atoms with Crippen molar-refractivity contribution in [1.82, 2.24) is 9.55 Å². The molecule has 0 aliphatic carbocycles. The molecule has 0 radical (unpaired) electrons. The highest BCUT2D eigenvalue weighted by Crippen LogP contribution is 2.31. The molecule has 0 aliphatic heterocycles. The summed E-state index contributed by atoms with van der Waals surface area (Å²) in [5, 5.41) is 4.04. The molecule has 5 heteroatoms. The Hall–Kier alpha value is -2.20. The summed E-state index contributed by atoms with van der Waals surface area (Å²) in [6, 6.07) is 11.6. The zero-order valence-electron chi connectivity index (χ0n) is 11.2. The second-order valence-electron chi connectivity index (χ2n) is 4.50. The highest BCUT2D eigenvalue weighted by Gasteiger charge is 2.10. The van der Waals surface area contributed by atoms with Gasteiger partial charge in [-0.2, -0.15) is 0 Å². The molecule has 0 saturated heterocycles. The number of ether oxygens (including phenoxy) is 1. The van der Waals surface area contributed by atoms with Crippen LogP contribution in [0.1, 0.15) is 0 Å². The zero-order valence-corrected chi connectivity index (χ0v) is 12.0. The molecule has 0 bridgehead atoms. The Balaban J connectivity index is 2.04. The average Bonchev–Trinajstić information content (AvgIpc) is 2.85. The van der Waals surface area contributed by atoms with E-state index >= 15 is 0 Å². The van der Waals surface area contributed by atoms with Crippen LogP contribution in [0.4, 0.5) is 11.4 Å². The number of aromatic nitrogens is 2. The second-order valence-corrected chi connectivity index (χ2v) is 4.91. The van der Waals surface area contributed by atoms with Crippen LogP contribution in [0.3, 0.4) is 0 Å². The molecule has 20 heavy (non-hydrogen) atoms. The topological polar surface area (TPSA) is 39.1 Å². The van der Waals surface area contributed by atoms with Crippen LogP contribution in [-0.4, -0.2) is 16.7 Å². The van der Waals surface area contributed by atoms with Crippen molar-refractivity contribution in [3.8, 4) is 5.75 Å². The van der Waals surface area contributed by atoms with Gasteiger partial charge in [-0.25, -0.2) is 4.98 Å². The van der Waals surface area contributed by atoms with Crippen molar-refractivity contribution in [1.29, 1.82) is 0 Å². The lowest BCUT2D eigenvalue weighted by molar-refractivity contribution is 0.415. The van der Waals surface area contributed by atoms with E-state index in [0.717, 1.165) is 28.2 Å². The molecule has 0 saturated carbocycles. The van der Waals surface area contributed by atoms with Gasteiger partial charge in [0, 0.05) is 18.8 Å². The zero-order chi connectivity index (χ0) is 14.1. The van der Waals surface area contributed by atoms with Gasteiger partial charge < -0.3 is 14.6 Å². The fraction of sp³-hybridized carbons (Fsp3) is 0.133. The Morgan fingerprint density at radius 2 is 2.10 bits per heavy atom. The summed E-state index contributed by atoms with van der Waals surface area (Å²) >= 11 is 6.22. The van der Waals surface area contributed by atoms with Gasteiger partial charge in [0.15, 0.2) is 0 Å². The second kappa shape index (κ2) is 5.06. The summed E-state index contributed by atoms with van der Waals surface area (Å²) in [4.78, 5) is 4.40. The molecule has 0 fully saturated rings. The fourth-order valence-electron chi connectivity index (χ4n) is 2.18. The summed E-state index contributed by atoms with van der Waals surface area (Å²) < 4.78 is 7.13. The van der Waals surface area contributed by atoms with Crippen molar-refractivity contribution in [2.45, 2.75) is 0 Å². The minimum atomic E-state index is 0.691. The number of rotatable bonds is 3. The Morgan fingerprint density at radius 1 is 1.25 bits per heavy atom. The lowest BCUT2D eigenvalue weighted by Gasteiger charge is -2.09. The van der Waals surface area contributed by atoms with Gasteiger partial charge in [-0.05, 0) is 24.3 Å². The SMILES string of the molecule is COc1cccc(Nc2ccc(Cl)c3c2ncn3C)c1. The molecular formula is C15H14ClN3O. The molecule has 1 heterocycles. The first-order valence-electron chi connectivity index (χ1n) is 6.19. The normalized spacial score (nSPS) is 10.8. The first-order valence-corrected chi connectivity index (χ1v) is 6.57. The van der Waals surface area contributed by atoms with Crippen LogP contribution in [0.25, 0.3) is 11.0 Å². The van der Waals surface area contributed by atoms with E-state index in [1.807, 2.05) is 48.0 Å². The minimum Gasteiger partial charge on any atom is -0.497 e. The summed E-state index contributed by atoms with van der Waals surface area (Å²) in [6.07, 6.45) is 1.76. The summed E-state index contributed by atoms with van der Waals surface area (Å²) in [5.74, 6) is 0.807. The largest absolute Gasteiger partial charge is 0.497 e. The van der Waals surface area contributed by atoms with Gasteiger partial charge in [0.25, 0.3) is 0 Å². The smallest absolute Gasteiger partial charge is 0.120 e. The Labute approximate surface area is 122 Å². The number of nitrogens with zero attached hydrogens (tertiary/aromatic N) is 2. The van der Waals surface area contributed by atoms with Gasteiger partial charge in [0.1, 0.15) is 11.3 Å². The Kier molecular flexibility index (Phi) is 3.24. The third kappa shape index (κ3) is 2.18. The van der Waals surface area contributed by atoms with Crippen molar-refractivity contribution in [2.24, 2.45) is 7.05 Å². The van der Waals surface area contributed by atoms with Gasteiger partial charge in [0.2, 0.25) is 0 Å². The molecule has 4 nitrogen and oxygen atoms in total. The number of aryl methyl sites for hydroxylation is 1. The minimum absolute atomic E-state index is 0.691. The van der Waals surface area contributed by atoms with E-state index in [1.165, 1.54) is 0 Å². The number of methoxy groups -OCH3 is 1. The Bertz CT molecular complexity index is 767. The third-order valence-corrected chi connectivity index (χ3v) is 3.47. The van der Waals surface area contributed by atoms with Crippen LogP contribution in [0, 0.1) is 0 Å². The molecule has 1 aromatic heterocycles. The molecule has 1 N–H and O–H groups in total. The molecule has 0 atom stereocenters. The van der Waals surface area contributed by atoms with Gasteiger partial charge >= 0.3 is 0 Å². The highest BCUT2D eigenvalue weighted by molar-refractivity contribution is 6.35. The van der Waals surface area contributed by atoms with Crippen LogP contribution >= 0.6 is 11.6 Å². The molecule has 2 aromatic carbocycles.